The van der Waals surface area contributed by atoms with E-state index in [1.165, 1.54) is 6.20 Å². The topological polar surface area (TPSA) is 33.1 Å². The minimum atomic E-state index is 0.00386. The van der Waals surface area contributed by atoms with Crippen LogP contribution < -0.4 is 0 Å². The van der Waals surface area contributed by atoms with Crippen LogP contribution in [0.3, 0.4) is 0 Å². The van der Waals surface area contributed by atoms with Crippen LogP contribution in [0.2, 0.25) is 5.15 Å². The summed E-state index contributed by atoms with van der Waals surface area (Å²) in [5.41, 5.74) is 0.587. The molecule has 1 aromatic heterocycles. The van der Waals surface area contributed by atoms with Gasteiger partial charge in [0.15, 0.2) is 0 Å². The summed E-state index contributed by atoms with van der Waals surface area (Å²) in [4.78, 5) is 3.74. The van der Waals surface area contributed by atoms with E-state index in [1.807, 2.05) is 0 Å². The van der Waals surface area contributed by atoms with E-state index in [0.29, 0.717) is 10.7 Å². The number of aromatic nitrogens is 1. The molecule has 0 aliphatic heterocycles. The summed E-state index contributed by atoms with van der Waals surface area (Å²) in [5, 5.41) is 9.24. The summed E-state index contributed by atoms with van der Waals surface area (Å²) in [5.74, 6) is 0.00386. The van der Waals surface area contributed by atoms with Crippen molar-refractivity contribution >= 4 is 17.4 Å². The lowest BCUT2D eigenvalue weighted by molar-refractivity contribution is 0.513. The molecule has 0 atom stereocenters. The van der Waals surface area contributed by atoms with Gasteiger partial charge in [-0.2, -0.15) is 0 Å². The molecule has 0 aromatic carbocycles. The summed E-state index contributed by atoms with van der Waals surface area (Å²) in [6, 6.07) is 3.25. The zero-order valence-electron chi connectivity index (χ0n) is 5.21. The fourth-order valence-corrected chi connectivity index (χ4v) is 0.658. The number of hydrogen-bond acceptors (Lipinski definition) is 2. The van der Waals surface area contributed by atoms with Gasteiger partial charge in [-0.15, -0.1) is 0 Å². The van der Waals surface area contributed by atoms with Crippen LogP contribution in [0.25, 0.3) is 5.76 Å². The lowest BCUT2D eigenvalue weighted by Crippen LogP contribution is -1.81. The van der Waals surface area contributed by atoms with E-state index < -0.39 is 0 Å². The molecule has 0 fully saturated rings. The van der Waals surface area contributed by atoms with Crippen molar-refractivity contribution in [3.8, 4) is 0 Å². The highest BCUT2D eigenvalue weighted by atomic mass is 35.5. The van der Waals surface area contributed by atoms with Crippen molar-refractivity contribution in [2.75, 3.05) is 0 Å². The quantitative estimate of drug-likeness (QED) is 0.499. The third-order valence-electron chi connectivity index (χ3n) is 1.06. The van der Waals surface area contributed by atoms with Crippen LogP contribution in [-0.4, -0.2) is 10.1 Å². The normalized spacial score (nSPS) is 9.30. The molecule has 0 unspecified atom stereocenters. The molecule has 0 saturated carbocycles. The fourth-order valence-electron chi connectivity index (χ4n) is 0.547. The summed E-state index contributed by atoms with van der Waals surface area (Å²) in [7, 11) is 0. The standard InChI is InChI=1S/C7H6ClNO/c1-5(10)6-2-3-7(8)9-4-6/h2-4,10H,1H2. The Bertz CT molecular complexity index is 242. The molecule has 1 rings (SSSR count). The van der Waals surface area contributed by atoms with Gasteiger partial charge in [-0.1, -0.05) is 18.2 Å². The molecule has 1 aromatic rings. The highest BCUT2D eigenvalue weighted by Gasteiger charge is 1.94. The Morgan fingerprint density at radius 3 is 2.70 bits per heavy atom. The molecule has 0 amide bonds. The number of aliphatic hydroxyl groups excluding tert-OH is 1. The molecule has 2 nitrogen and oxygen atoms in total. The van der Waals surface area contributed by atoms with Crippen LogP contribution >= 0.6 is 11.6 Å². The molecule has 52 valence electrons. The lowest BCUT2D eigenvalue weighted by Gasteiger charge is -1.95. The maximum atomic E-state index is 8.84. The lowest BCUT2D eigenvalue weighted by atomic mass is 10.2. The fraction of sp³-hybridized carbons (Fsp3) is 0. The second kappa shape index (κ2) is 2.71. The SMILES string of the molecule is C=C(O)c1ccc(Cl)nc1. The molecule has 0 saturated heterocycles. The zero-order chi connectivity index (χ0) is 7.56. The molecule has 0 aliphatic carbocycles. The number of nitrogens with zero attached hydrogens (tertiary/aromatic N) is 1. The minimum Gasteiger partial charge on any atom is -0.508 e. The van der Waals surface area contributed by atoms with Crippen molar-refractivity contribution in [1.82, 2.24) is 4.98 Å². The van der Waals surface area contributed by atoms with E-state index in [-0.39, 0.29) is 5.76 Å². The second-order valence-corrected chi connectivity index (χ2v) is 2.20. The van der Waals surface area contributed by atoms with Crippen LogP contribution in [0, 0.1) is 0 Å². The molecule has 0 aliphatic rings. The van der Waals surface area contributed by atoms with Crippen molar-refractivity contribution < 1.29 is 5.11 Å². The average molecular weight is 156 g/mol. The first-order valence-corrected chi connectivity index (χ1v) is 3.08. The predicted octanol–water partition coefficient (Wildman–Crippen LogP) is 2.26. The number of rotatable bonds is 1. The Morgan fingerprint density at radius 2 is 2.30 bits per heavy atom. The first-order valence-electron chi connectivity index (χ1n) is 2.70. The van der Waals surface area contributed by atoms with E-state index in [4.69, 9.17) is 16.7 Å². The first-order chi connectivity index (χ1) is 4.70. The second-order valence-electron chi connectivity index (χ2n) is 1.82. The van der Waals surface area contributed by atoms with Crippen LogP contribution in [0.5, 0.6) is 0 Å². The number of halogens is 1. The van der Waals surface area contributed by atoms with Crippen LogP contribution in [0.1, 0.15) is 5.56 Å². The van der Waals surface area contributed by atoms with Gasteiger partial charge < -0.3 is 5.11 Å². The third-order valence-corrected chi connectivity index (χ3v) is 1.28. The molecule has 0 spiro atoms. The Morgan fingerprint density at radius 1 is 1.60 bits per heavy atom. The highest BCUT2D eigenvalue weighted by Crippen LogP contribution is 2.09. The molecule has 3 heteroatoms. The van der Waals surface area contributed by atoms with E-state index in [2.05, 4.69) is 11.6 Å². The van der Waals surface area contributed by atoms with Gasteiger partial charge >= 0.3 is 0 Å². The summed E-state index contributed by atoms with van der Waals surface area (Å²) >= 11 is 5.49. The van der Waals surface area contributed by atoms with E-state index >= 15 is 0 Å². The molecule has 0 bridgehead atoms. The van der Waals surface area contributed by atoms with Gasteiger partial charge in [0.1, 0.15) is 10.9 Å². The Balaban J connectivity index is 3.00. The minimum absolute atomic E-state index is 0.00386. The summed E-state index contributed by atoms with van der Waals surface area (Å²) < 4.78 is 0. The Hall–Kier alpha value is -1.02. The highest BCUT2D eigenvalue weighted by molar-refractivity contribution is 6.29. The summed E-state index contributed by atoms with van der Waals surface area (Å²) in [6.07, 6.45) is 1.46. The van der Waals surface area contributed by atoms with Crippen LogP contribution in [0.15, 0.2) is 24.9 Å². The molecule has 1 heterocycles. The maximum Gasteiger partial charge on any atom is 0.129 e. The van der Waals surface area contributed by atoms with Gasteiger partial charge in [0, 0.05) is 11.8 Å². The van der Waals surface area contributed by atoms with Crippen molar-refractivity contribution in [3.63, 3.8) is 0 Å². The molecular formula is C7H6ClNO. The summed E-state index contributed by atoms with van der Waals surface area (Å²) in [6.45, 7) is 3.33. The number of hydrogen-bond donors (Lipinski definition) is 1. The smallest absolute Gasteiger partial charge is 0.129 e. The largest absolute Gasteiger partial charge is 0.508 e. The molecule has 0 radical (unpaired) electrons. The van der Waals surface area contributed by atoms with E-state index in [1.54, 1.807) is 12.1 Å². The van der Waals surface area contributed by atoms with Crippen molar-refractivity contribution in [3.05, 3.63) is 35.6 Å². The van der Waals surface area contributed by atoms with E-state index in [9.17, 15) is 0 Å². The van der Waals surface area contributed by atoms with Crippen molar-refractivity contribution in [1.29, 1.82) is 0 Å². The van der Waals surface area contributed by atoms with Crippen molar-refractivity contribution in [2.24, 2.45) is 0 Å². The maximum absolute atomic E-state index is 8.84. The van der Waals surface area contributed by atoms with Gasteiger partial charge in [-0.25, -0.2) is 4.98 Å². The Labute approximate surface area is 63.8 Å². The van der Waals surface area contributed by atoms with Gasteiger partial charge in [0.2, 0.25) is 0 Å². The predicted molar refractivity (Wildman–Crippen MR) is 40.9 cm³/mol. The van der Waals surface area contributed by atoms with Gasteiger partial charge in [0.25, 0.3) is 0 Å². The molecule has 10 heavy (non-hydrogen) atoms. The first kappa shape index (κ1) is 7.09. The van der Waals surface area contributed by atoms with E-state index in [0.717, 1.165) is 0 Å². The van der Waals surface area contributed by atoms with Crippen molar-refractivity contribution in [2.45, 2.75) is 0 Å². The number of pyridine rings is 1. The average Bonchev–Trinajstić information content (AvgIpc) is 1.88. The van der Waals surface area contributed by atoms with Crippen LogP contribution in [0.4, 0.5) is 0 Å². The third kappa shape index (κ3) is 1.48. The number of aliphatic hydroxyl groups is 1. The van der Waals surface area contributed by atoms with Crippen LogP contribution in [-0.2, 0) is 0 Å². The zero-order valence-corrected chi connectivity index (χ0v) is 5.97. The van der Waals surface area contributed by atoms with Gasteiger partial charge in [-0.05, 0) is 12.1 Å². The van der Waals surface area contributed by atoms with Gasteiger partial charge in [0.05, 0.1) is 0 Å². The molecular weight excluding hydrogens is 150 g/mol. The monoisotopic (exact) mass is 155 g/mol. The molecule has 1 N–H and O–H groups in total. The Kier molecular flexibility index (Phi) is 1.92. The van der Waals surface area contributed by atoms with Gasteiger partial charge in [-0.3, -0.25) is 0 Å².